The third-order valence-electron chi connectivity index (χ3n) is 2.19. The number of carboxylic acids is 1. The van der Waals surface area contributed by atoms with Crippen molar-refractivity contribution in [1.29, 1.82) is 0 Å². The number of hydrogen-bond acceptors (Lipinski definition) is 6. The topological polar surface area (TPSA) is 132 Å². The Labute approximate surface area is 103 Å². The molecule has 4 N–H and O–H groups in total. The largest absolute Gasteiger partial charge is 0.476 e. The van der Waals surface area contributed by atoms with Crippen molar-refractivity contribution in [3.8, 4) is 0 Å². The molecule has 0 aromatic carbocycles. The Balaban J connectivity index is 2.37. The van der Waals surface area contributed by atoms with Crippen molar-refractivity contribution in [2.24, 2.45) is 5.73 Å². The van der Waals surface area contributed by atoms with Crippen molar-refractivity contribution < 1.29 is 19.4 Å². The number of aromatic carboxylic acids is 1. The molecule has 18 heavy (non-hydrogen) atoms. The zero-order valence-electron chi connectivity index (χ0n) is 9.87. The smallest absolute Gasteiger partial charge is 0.358 e. The Kier molecular flexibility index (Phi) is 5.21. The van der Waals surface area contributed by atoms with E-state index in [1.54, 1.807) is 0 Å². The van der Waals surface area contributed by atoms with Crippen LogP contribution in [0, 0.1) is 0 Å². The van der Waals surface area contributed by atoms with Gasteiger partial charge in [0.15, 0.2) is 5.69 Å². The molecule has 0 saturated heterocycles. The third kappa shape index (κ3) is 3.79. The number of nitrogens with one attached hydrogen (secondary N) is 1. The number of carbonyl (C=O) groups excluding carboxylic acids is 1. The van der Waals surface area contributed by atoms with Gasteiger partial charge in [-0.3, -0.25) is 4.79 Å². The minimum absolute atomic E-state index is 0.0921. The van der Waals surface area contributed by atoms with E-state index in [1.165, 1.54) is 18.0 Å². The van der Waals surface area contributed by atoms with E-state index in [-0.39, 0.29) is 24.7 Å². The van der Waals surface area contributed by atoms with E-state index in [1.807, 2.05) is 0 Å². The monoisotopic (exact) mass is 257 g/mol. The quantitative estimate of drug-likeness (QED) is 0.518. The highest BCUT2D eigenvalue weighted by atomic mass is 16.5. The Morgan fingerprint density at radius 3 is 2.89 bits per heavy atom. The minimum atomic E-state index is -1.15. The van der Waals surface area contributed by atoms with Crippen molar-refractivity contribution in [2.75, 3.05) is 20.2 Å². The summed E-state index contributed by atoms with van der Waals surface area (Å²) < 4.78 is 6.18. The number of nitrogens with zero attached hydrogens (tertiary/aromatic N) is 3. The molecule has 0 bridgehead atoms. The van der Waals surface area contributed by atoms with Crippen molar-refractivity contribution >= 4 is 11.9 Å². The van der Waals surface area contributed by atoms with Crippen LogP contribution >= 0.6 is 0 Å². The van der Waals surface area contributed by atoms with Crippen LogP contribution in [0.25, 0.3) is 0 Å². The second-order valence-corrected chi connectivity index (χ2v) is 3.42. The summed E-state index contributed by atoms with van der Waals surface area (Å²) in [5.41, 5.74) is 5.18. The van der Waals surface area contributed by atoms with Gasteiger partial charge in [-0.2, -0.15) is 0 Å². The highest BCUT2D eigenvalue weighted by Crippen LogP contribution is 1.92. The molecule has 9 nitrogen and oxygen atoms in total. The van der Waals surface area contributed by atoms with Crippen LogP contribution in [0.5, 0.6) is 0 Å². The molecule has 0 fully saturated rings. The molecule has 1 amide bonds. The molecule has 1 aromatic rings. The highest BCUT2D eigenvalue weighted by Gasteiger charge is 2.15. The summed E-state index contributed by atoms with van der Waals surface area (Å²) in [4.78, 5) is 22.0. The van der Waals surface area contributed by atoms with Crippen LogP contribution in [0.2, 0.25) is 0 Å². The van der Waals surface area contributed by atoms with Gasteiger partial charge in [0.1, 0.15) is 6.10 Å². The average molecular weight is 257 g/mol. The second-order valence-electron chi connectivity index (χ2n) is 3.42. The van der Waals surface area contributed by atoms with Gasteiger partial charge < -0.3 is 20.9 Å². The number of ether oxygens (including phenoxy) is 1. The fourth-order valence-corrected chi connectivity index (χ4v) is 1.22. The third-order valence-corrected chi connectivity index (χ3v) is 2.19. The SMILES string of the molecule is COC(CN)C(=O)NCCn1cc(C(=O)O)nn1. The number of carbonyl (C=O) groups is 2. The molecule has 0 aliphatic rings. The van der Waals surface area contributed by atoms with Crippen LogP contribution < -0.4 is 11.1 Å². The summed E-state index contributed by atoms with van der Waals surface area (Å²) in [5, 5.41) is 18.3. The lowest BCUT2D eigenvalue weighted by atomic mass is 10.3. The molecule has 9 heteroatoms. The van der Waals surface area contributed by atoms with Crippen LogP contribution in [0.15, 0.2) is 6.20 Å². The maximum atomic E-state index is 11.5. The second kappa shape index (κ2) is 6.67. The van der Waals surface area contributed by atoms with E-state index < -0.39 is 12.1 Å². The Morgan fingerprint density at radius 1 is 1.67 bits per heavy atom. The van der Waals surface area contributed by atoms with Gasteiger partial charge in [-0.25, -0.2) is 9.48 Å². The van der Waals surface area contributed by atoms with Crippen molar-refractivity contribution in [1.82, 2.24) is 20.3 Å². The Hall–Kier alpha value is -2.00. The fourth-order valence-electron chi connectivity index (χ4n) is 1.22. The van der Waals surface area contributed by atoms with Crippen molar-refractivity contribution in [3.63, 3.8) is 0 Å². The number of rotatable bonds is 7. The molecular formula is C9H15N5O4. The van der Waals surface area contributed by atoms with E-state index in [0.717, 1.165) is 0 Å². The predicted molar refractivity (Wildman–Crippen MR) is 59.8 cm³/mol. The number of amides is 1. The molecule has 100 valence electrons. The first-order chi connectivity index (χ1) is 8.58. The van der Waals surface area contributed by atoms with Gasteiger partial charge in [-0.1, -0.05) is 5.21 Å². The van der Waals surface area contributed by atoms with Crippen molar-refractivity contribution in [2.45, 2.75) is 12.6 Å². The summed E-state index contributed by atoms with van der Waals surface area (Å²) in [6.07, 6.45) is 0.598. The Morgan fingerprint density at radius 2 is 2.39 bits per heavy atom. The maximum absolute atomic E-state index is 11.5. The van der Waals surface area contributed by atoms with Gasteiger partial charge >= 0.3 is 5.97 Å². The van der Waals surface area contributed by atoms with Gasteiger partial charge in [0.05, 0.1) is 12.7 Å². The summed E-state index contributed by atoms with van der Waals surface area (Å²) in [7, 11) is 1.40. The van der Waals surface area contributed by atoms with Gasteiger partial charge in [-0.05, 0) is 0 Å². The number of aromatic nitrogens is 3. The molecule has 0 aliphatic carbocycles. The number of hydrogen-bond donors (Lipinski definition) is 3. The molecule has 1 atom stereocenters. The molecule has 0 aliphatic heterocycles. The first-order valence-electron chi connectivity index (χ1n) is 5.22. The van der Waals surface area contributed by atoms with Crippen molar-refractivity contribution in [3.05, 3.63) is 11.9 Å². The van der Waals surface area contributed by atoms with Gasteiger partial charge in [0, 0.05) is 20.2 Å². The first kappa shape index (κ1) is 14.1. The lowest BCUT2D eigenvalue weighted by Gasteiger charge is -2.12. The number of carboxylic acid groups (broad SMARTS) is 1. The lowest BCUT2D eigenvalue weighted by Crippen LogP contribution is -2.41. The summed E-state index contributed by atoms with van der Waals surface area (Å²) >= 11 is 0. The summed E-state index contributed by atoms with van der Waals surface area (Å²) in [5.74, 6) is -1.47. The minimum Gasteiger partial charge on any atom is -0.476 e. The van der Waals surface area contributed by atoms with Crippen LogP contribution in [0.1, 0.15) is 10.5 Å². The predicted octanol–water partition coefficient (Wildman–Crippen LogP) is -1.93. The van der Waals surface area contributed by atoms with E-state index in [9.17, 15) is 9.59 Å². The normalized spacial score (nSPS) is 12.1. The Bertz CT molecular complexity index is 415. The first-order valence-corrected chi connectivity index (χ1v) is 5.22. The lowest BCUT2D eigenvalue weighted by molar-refractivity contribution is -0.130. The van der Waals surface area contributed by atoms with E-state index in [4.69, 9.17) is 15.6 Å². The summed E-state index contributed by atoms with van der Waals surface area (Å²) in [6.45, 7) is 0.683. The molecule has 1 heterocycles. The van der Waals surface area contributed by atoms with Crippen LogP contribution in [0.4, 0.5) is 0 Å². The molecular weight excluding hydrogens is 242 g/mol. The number of nitrogens with two attached hydrogens (primary N) is 1. The fraction of sp³-hybridized carbons (Fsp3) is 0.556. The molecule has 0 radical (unpaired) electrons. The highest BCUT2D eigenvalue weighted by molar-refractivity contribution is 5.84. The van der Waals surface area contributed by atoms with E-state index in [2.05, 4.69) is 15.6 Å². The molecule has 0 spiro atoms. The van der Waals surface area contributed by atoms with Crippen LogP contribution in [0.3, 0.4) is 0 Å². The van der Waals surface area contributed by atoms with Crippen LogP contribution in [-0.2, 0) is 16.1 Å². The van der Waals surface area contributed by atoms with Gasteiger partial charge in [0.25, 0.3) is 5.91 Å². The molecule has 1 aromatic heterocycles. The van der Waals surface area contributed by atoms with E-state index >= 15 is 0 Å². The van der Waals surface area contributed by atoms with E-state index in [0.29, 0.717) is 6.54 Å². The molecule has 0 saturated carbocycles. The standard InChI is InChI=1S/C9H15N5O4/c1-18-7(4-10)8(15)11-2-3-14-5-6(9(16)17)12-13-14/h5,7H,2-4,10H2,1H3,(H,11,15)(H,16,17). The van der Waals surface area contributed by atoms with Crippen LogP contribution in [-0.4, -0.2) is 58.3 Å². The summed E-state index contributed by atoms with van der Waals surface area (Å²) in [6, 6.07) is 0. The zero-order chi connectivity index (χ0) is 13.5. The number of methoxy groups -OCH3 is 1. The molecule has 1 rings (SSSR count). The average Bonchev–Trinajstić information content (AvgIpc) is 2.79. The zero-order valence-corrected chi connectivity index (χ0v) is 9.87. The van der Waals surface area contributed by atoms with Gasteiger partial charge in [0.2, 0.25) is 0 Å². The molecule has 1 unspecified atom stereocenters. The van der Waals surface area contributed by atoms with Gasteiger partial charge in [-0.15, -0.1) is 5.10 Å². The maximum Gasteiger partial charge on any atom is 0.358 e.